The smallest absolute Gasteiger partial charge is 0.239 e. The third-order valence-electron chi connectivity index (χ3n) is 6.56. The summed E-state index contributed by atoms with van der Waals surface area (Å²) in [5, 5.41) is 13.5. The number of anilines is 1. The molecule has 2 N–H and O–H groups in total. The van der Waals surface area contributed by atoms with Crippen LogP contribution in [0.5, 0.6) is 0 Å². The SMILES string of the molecule is Cc1ccc(-n2cc3c(N4CCNC(C(=O)NCc5ccc6scc(F)c6c5)C4)ncnc3n2)cc1F. The van der Waals surface area contributed by atoms with E-state index in [2.05, 4.69) is 25.7 Å². The first-order valence-corrected chi connectivity index (χ1v) is 12.7. The van der Waals surface area contributed by atoms with E-state index in [1.165, 1.54) is 29.1 Å². The van der Waals surface area contributed by atoms with Crippen LogP contribution in [-0.2, 0) is 11.3 Å². The number of fused-ring (bicyclic) bond motifs is 2. The molecule has 4 heterocycles. The normalized spacial score (nSPS) is 16.0. The molecule has 1 amide bonds. The molecule has 3 aromatic heterocycles. The second-order valence-corrected chi connectivity index (χ2v) is 9.94. The van der Waals surface area contributed by atoms with Gasteiger partial charge in [0.05, 0.1) is 11.1 Å². The molecule has 2 aromatic carbocycles. The Hall–Kier alpha value is -3.96. The van der Waals surface area contributed by atoms with Gasteiger partial charge in [0.1, 0.15) is 29.8 Å². The lowest BCUT2D eigenvalue weighted by Gasteiger charge is -2.33. The van der Waals surface area contributed by atoms with Crippen LogP contribution in [0.15, 0.2) is 54.3 Å². The first-order valence-electron chi connectivity index (χ1n) is 11.8. The maximum Gasteiger partial charge on any atom is 0.239 e. The van der Waals surface area contributed by atoms with E-state index >= 15 is 0 Å². The van der Waals surface area contributed by atoms with Gasteiger partial charge in [-0.3, -0.25) is 4.79 Å². The molecular weight excluding hydrogens is 496 g/mol. The fraction of sp³-hybridized carbons (Fsp3) is 0.231. The lowest BCUT2D eigenvalue weighted by atomic mass is 10.1. The Morgan fingerprint density at radius 2 is 2.05 bits per heavy atom. The Bertz CT molecular complexity index is 1630. The molecule has 1 aliphatic rings. The first kappa shape index (κ1) is 23.4. The highest BCUT2D eigenvalue weighted by atomic mass is 32.1. The van der Waals surface area contributed by atoms with E-state index in [1.54, 1.807) is 36.0 Å². The number of halogens is 2. The van der Waals surface area contributed by atoms with Crippen LogP contribution in [0.25, 0.3) is 26.8 Å². The monoisotopic (exact) mass is 519 g/mol. The fourth-order valence-electron chi connectivity index (χ4n) is 4.52. The number of aromatic nitrogens is 4. The van der Waals surface area contributed by atoms with Gasteiger partial charge in [0.15, 0.2) is 5.65 Å². The third-order valence-corrected chi connectivity index (χ3v) is 7.50. The molecule has 0 radical (unpaired) electrons. The van der Waals surface area contributed by atoms with Gasteiger partial charge in [0.25, 0.3) is 0 Å². The van der Waals surface area contributed by atoms with Gasteiger partial charge in [-0.1, -0.05) is 12.1 Å². The Morgan fingerprint density at radius 3 is 2.92 bits per heavy atom. The summed E-state index contributed by atoms with van der Waals surface area (Å²) >= 11 is 1.36. The molecule has 8 nitrogen and oxygen atoms in total. The van der Waals surface area contributed by atoms with Crippen molar-refractivity contribution in [2.75, 3.05) is 24.5 Å². The van der Waals surface area contributed by atoms with Crippen molar-refractivity contribution in [1.29, 1.82) is 0 Å². The summed E-state index contributed by atoms with van der Waals surface area (Å²) in [5.41, 5.74) is 2.47. The van der Waals surface area contributed by atoms with Crippen molar-refractivity contribution < 1.29 is 13.6 Å². The molecular formula is C26H23F2N7OS. The number of nitrogens with one attached hydrogen (secondary N) is 2. The number of benzene rings is 2. The molecule has 0 spiro atoms. The number of hydrogen-bond acceptors (Lipinski definition) is 7. The average Bonchev–Trinajstić information content (AvgIpc) is 3.52. The molecule has 6 rings (SSSR count). The minimum Gasteiger partial charge on any atom is -0.353 e. The average molecular weight is 520 g/mol. The molecule has 1 aliphatic heterocycles. The highest BCUT2D eigenvalue weighted by molar-refractivity contribution is 7.17. The summed E-state index contributed by atoms with van der Waals surface area (Å²) in [5.74, 6) is -0.0299. The lowest BCUT2D eigenvalue weighted by molar-refractivity contribution is -0.123. The molecule has 1 unspecified atom stereocenters. The number of nitrogens with zero attached hydrogens (tertiary/aromatic N) is 5. The molecule has 37 heavy (non-hydrogen) atoms. The number of rotatable bonds is 5. The summed E-state index contributed by atoms with van der Waals surface area (Å²) in [6, 6.07) is 10.0. The fourth-order valence-corrected chi connectivity index (χ4v) is 5.31. The minimum atomic E-state index is -0.457. The zero-order valence-electron chi connectivity index (χ0n) is 19.9. The van der Waals surface area contributed by atoms with Gasteiger partial charge >= 0.3 is 0 Å². The zero-order chi connectivity index (χ0) is 25.5. The molecule has 0 bridgehead atoms. The summed E-state index contributed by atoms with van der Waals surface area (Å²) in [6.07, 6.45) is 3.23. The van der Waals surface area contributed by atoms with Crippen molar-refractivity contribution >= 4 is 44.2 Å². The van der Waals surface area contributed by atoms with Crippen molar-refractivity contribution in [2.45, 2.75) is 19.5 Å². The number of aryl methyl sites for hydroxylation is 1. The topological polar surface area (TPSA) is 88.0 Å². The van der Waals surface area contributed by atoms with E-state index in [4.69, 9.17) is 0 Å². The number of carbonyl (C=O) groups excluding carboxylic acids is 1. The standard InChI is InChI=1S/C26H23F2N7OS/c1-15-2-4-17(9-20(15)27)35-11-19-24(33-35)31-14-32-25(19)34-7-6-29-22(12-34)26(36)30-10-16-3-5-23-18(8-16)21(28)13-37-23/h2-5,8-9,11,13-14,22,29H,6-7,10,12H2,1H3,(H,30,36). The van der Waals surface area contributed by atoms with Crippen LogP contribution in [0.1, 0.15) is 11.1 Å². The first-order chi connectivity index (χ1) is 18.0. The highest BCUT2D eigenvalue weighted by Crippen LogP contribution is 2.26. The maximum atomic E-state index is 14.1. The molecule has 1 saturated heterocycles. The predicted octanol–water partition coefficient (Wildman–Crippen LogP) is 3.71. The van der Waals surface area contributed by atoms with Gasteiger partial charge in [-0.2, -0.15) is 0 Å². The number of carbonyl (C=O) groups is 1. The van der Waals surface area contributed by atoms with Crippen molar-refractivity contribution in [1.82, 2.24) is 30.4 Å². The summed E-state index contributed by atoms with van der Waals surface area (Å²) in [7, 11) is 0. The van der Waals surface area contributed by atoms with E-state index in [-0.39, 0.29) is 17.5 Å². The zero-order valence-corrected chi connectivity index (χ0v) is 20.7. The Morgan fingerprint density at radius 1 is 1.16 bits per heavy atom. The molecule has 188 valence electrons. The Kier molecular flexibility index (Phi) is 6.01. The van der Waals surface area contributed by atoms with Crippen LogP contribution >= 0.6 is 11.3 Å². The van der Waals surface area contributed by atoms with Gasteiger partial charge < -0.3 is 15.5 Å². The molecule has 0 aliphatic carbocycles. The summed E-state index contributed by atoms with van der Waals surface area (Å²) < 4.78 is 30.5. The highest BCUT2D eigenvalue weighted by Gasteiger charge is 2.27. The number of amides is 1. The van der Waals surface area contributed by atoms with Crippen molar-refractivity contribution in [3.05, 3.63) is 77.1 Å². The van der Waals surface area contributed by atoms with Crippen molar-refractivity contribution in [3.63, 3.8) is 0 Å². The number of hydrogen-bond donors (Lipinski definition) is 2. The molecule has 11 heteroatoms. The Labute approximate surface area is 214 Å². The van der Waals surface area contributed by atoms with Gasteiger partial charge in [-0.25, -0.2) is 23.4 Å². The molecule has 5 aromatic rings. The largest absolute Gasteiger partial charge is 0.353 e. The quantitative estimate of drug-likeness (QED) is 0.368. The van der Waals surface area contributed by atoms with Crippen LogP contribution in [0.4, 0.5) is 14.6 Å². The van der Waals surface area contributed by atoms with Gasteiger partial charge in [0, 0.05) is 47.8 Å². The van der Waals surface area contributed by atoms with Gasteiger partial charge in [-0.15, -0.1) is 16.4 Å². The van der Waals surface area contributed by atoms with E-state index in [0.29, 0.717) is 54.3 Å². The molecule has 1 fully saturated rings. The van der Waals surface area contributed by atoms with E-state index in [9.17, 15) is 13.6 Å². The van der Waals surface area contributed by atoms with E-state index < -0.39 is 6.04 Å². The minimum absolute atomic E-state index is 0.147. The Balaban J connectivity index is 1.18. The number of piperazine rings is 1. The van der Waals surface area contributed by atoms with E-state index in [0.717, 1.165) is 15.6 Å². The van der Waals surface area contributed by atoms with Gasteiger partial charge in [0.2, 0.25) is 5.91 Å². The summed E-state index contributed by atoms with van der Waals surface area (Å²) in [4.78, 5) is 23.8. The van der Waals surface area contributed by atoms with Crippen LogP contribution in [0.2, 0.25) is 0 Å². The third kappa shape index (κ3) is 4.51. The summed E-state index contributed by atoms with van der Waals surface area (Å²) in [6.45, 7) is 3.66. The molecule has 1 atom stereocenters. The maximum absolute atomic E-state index is 14.1. The van der Waals surface area contributed by atoms with Crippen LogP contribution in [0, 0.1) is 18.6 Å². The lowest BCUT2D eigenvalue weighted by Crippen LogP contribution is -2.57. The predicted molar refractivity (Wildman–Crippen MR) is 139 cm³/mol. The second-order valence-electron chi connectivity index (χ2n) is 9.03. The van der Waals surface area contributed by atoms with Gasteiger partial charge in [-0.05, 0) is 42.3 Å². The van der Waals surface area contributed by atoms with Crippen molar-refractivity contribution in [2.24, 2.45) is 0 Å². The van der Waals surface area contributed by atoms with Crippen LogP contribution in [0.3, 0.4) is 0 Å². The van der Waals surface area contributed by atoms with Crippen LogP contribution in [-0.4, -0.2) is 51.3 Å². The second kappa shape index (κ2) is 9.49. The van der Waals surface area contributed by atoms with Crippen molar-refractivity contribution in [3.8, 4) is 5.69 Å². The van der Waals surface area contributed by atoms with E-state index in [1.807, 2.05) is 17.0 Å². The molecule has 0 saturated carbocycles. The van der Waals surface area contributed by atoms with Crippen LogP contribution < -0.4 is 15.5 Å². The number of thiophene rings is 1.